The van der Waals surface area contributed by atoms with Crippen LogP contribution in [0.5, 0.6) is 0 Å². The number of hydrogen-bond acceptors (Lipinski definition) is 3. The average molecular weight is 294 g/mol. The number of anilines is 1. The number of aromatic nitrogens is 2. The maximum absolute atomic E-state index is 12.0. The number of urea groups is 1. The van der Waals surface area contributed by atoms with Gasteiger partial charge < -0.3 is 10.4 Å². The molecule has 1 aromatic heterocycles. The van der Waals surface area contributed by atoms with Gasteiger partial charge in [0.1, 0.15) is 0 Å². The molecule has 1 aliphatic rings. The van der Waals surface area contributed by atoms with Crippen molar-refractivity contribution in [3.8, 4) is 0 Å². The van der Waals surface area contributed by atoms with Crippen molar-refractivity contribution < 1.29 is 9.90 Å². The quantitative estimate of drug-likeness (QED) is 0.800. The van der Waals surface area contributed by atoms with E-state index in [1.54, 1.807) is 6.07 Å². The number of nitrogens with zero attached hydrogens (tertiary/aromatic N) is 2. The summed E-state index contributed by atoms with van der Waals surface area (Å²) in [4.78, 5) is 12.0. The third-order valence-electron chi connectivity index (χ3n) is 3.98. The van der Waals surface area contributed by atoms with Gasteiger partial charge in [-0.05, 0) is 33.6 Å². The zero-order valence-corrected chi connectivity index (χ0v) is 13.1. The van der Waals surface area contributed by atoms with Gasteiger partial charge in [0, 0.05) is 30.8 Å². The first-order chi connectivity index (χ1) is 9.90. The van der Waals surface area contributed by atoms with Crippen molar-refractivity contribution >= 4 is 11.8 Å². The van der Waals surface area contributed by atoms with E-state index in [0.29, 0.717) is 5.82 Å². The van der Waals surface area contributed by atoms with Gasteiger partial charge in [-0.2, -0.15) is 5.10 Å². The van der Waals surface area contributed by atoms with Crippen molar-refractivity contribution in [2.45, 2.75) is 58.0 Å². The Kier molecular flexibility index (Phi) is 4.88. The fraction of sp³-hybridized carbons (Fsp3) is 0.733. The minimum atomic E-state index is -0.250. The molecule has 2 atom stereocenters. The van der Waals surface area contributed by atoms with Crippen LogP contribution in [-0.2, 0) is 5.54 Å². The number of nitrogens with one attached hydrogen (secondary N) is 2. The second-order valence-electron chi connectivity index (χ2n) is 6.75. The molecule has 0 radical (unpaired) electrons. The molecule has 1 aromatic rings. The molecule has 1 saturated carbocycles. The molecular weight excluding hydrogens is 268 g/mol. The van der Waals surface area contributed by atoms with Crippen LogP contribution in [0.1, 0.15) is 46.5 Å². The number of amides is 2. The normalized spacial score (nSPS) is 22.9. The van der Waals surface area contributed by atoms with Gasteiger partial charge in [0.05, 0.1) is 5.54 Å². The molecule has 0 aromatic carbocycles. The molecule has 1 fully saturated rings. The lowest BCUT2D eigenvalue weighted by Crippen LogP contribution is -2.45. The topological polar surface area (TPSA) is 79.2 Å². The maximum atomic E-state index is 12.0. The molecule has 21 heavy (non-hydrogen) atoms. The Balaban J connectivity index is 1.91. The first-order valence-corrected chi connectivity index (χ1v) is 7.64. The summed E-state index contributed by atoms with van der Waals surface area (Å²) in [6.45, 7) is 6.29. The van der Waals surface area contributed by atoms with Gasteiger partial charge in [0.25, 0.3) is 0 Å². The van der Waals surface area contributed by atoms with E-state index in [-0.39, 0.29) is 30.1 Å². The zero-order chi connectivity index (χ0) is 15.5. The number of hydrogen-bond donors (Lipinski definition) is 3. The van der Waals surface area contributed by atoms with E-state index in [2.05, 4.69) is 36.5 Å². The van der Waals surface area contributed by atoms with Gasteiger partial charge in [-0.25, -0.2) is 4.79 Å². The van der Waals surface area contributed by atoms with Gasteiger partial charge >= 0.3 is 6.03 Å². The third kappa shape index (κ3) is 4.20. The summed E-state index contributed by atoms with van der Waals surface area (Å²) in [6.07, 6.45) is 5.98. The van der Waals surface area contributed by atoms with Crippen LogP contribution >= 0.6 is 0 Å². The Hall–Kier alpha value is -1.56. The van der Waals surface area contributed by atoms with E-state index in [4.69, 9.17) is 0 Å². The lowest BCUT2D eigenvalue weighted by Gasteiger charge is -2.30. The maximum Gasteiger partial charge on any atom is 0.320 e. The van der Waals surface area contributed by atoms with Crippen molar-refractivity contribution in [3.63, 3.8) is 0 Å². The predicted octanol–water partition coefficient (Wildman–Crippen LogP) is 2.31. The SMILES string of the molecule is CC(C)(C)n1ccc(NC(=O)N[C@@H]2CCCC[C@@H]2CO)n1. The lowest BCUT2D eigenvalue weighted by atomic mass is 9.85. The molecule has 0 saturated heterocycles. The van der Waals surface area contributed by atoms with E-state index in [1.165, 1.54) is 0 Å². The van der Waals surface area contributed by atoms with E-state index in [0.717, 1.165) is 25.7 Å². The van der Waals surface area contributed by atoms with E-state index in [9.17, 15) is 9.90 Å². The van der Waals surface area contributed by atoms with Gasteiger partial charge in [-0.15, -0.1) is 0 Å². The van der Waals surface area contributed by atoms with Crippen LogP contribution < -0.4 is 10.6 Å². The largest absolute Gasteiger partial charge is 0.396 e. The molecule has 1 heterocycles. The van der Waals surface area contributed by atoms with Crippen LogP contribution in [0.3, 0.4) is 0 Å². The first-order valence-electron chi connectivity index (χ1n) is 7.64. The number of carbonyl (C=O) groups excluding carboxylic acids is 1. The second kappa shape index (κ2) is 6.47. The predicted molar refractivity (Wildman–Crippen MR) is 82.2 cm³/mol. The van der Waals surface area contributed by atoms with Crippen LogP contribution in [0.4, 0.5) is 10.6 Å². The second-order valence-corrected chi connectivity index (χ2v) is 6.75. The molecule has 0 aliphatic heterocycles. The van der Waals surface area contributed by atoms with Crippen LogP contribution in [0.2, 0.25) is 0 Å². The summed E-state index contributed by atoms with van der Waals surface area (Å²) in [5.41, 5.74) is -0.109. The van der Waals surface area contributed by atoms with E-state index in [1.807, 2.05) is 10.9 Å². The Morgan fingerprint density at radius 2 is 2.14 bits per heavy atom. The Morgan fingerprint density at radius 3 is 2.76 bits per heavy atom. The van der Waals surface area contributed by atoms with Crippen molar-refractivity contribution in [2.24, 2.45) is 5.92 Å². The summed E-state index contributed by atoms with van der Waals surface area (Å²) < 4.78 is 1.82. The zero-order valence-electron chi connectivity index (χ0n) is 13.1. The molecule has 2 rings (SSSR count). The molecule has 118 valence electrons. The fourth-order valence-electron chi connectivity index (χ4n) is 2.70. The fourth-order valence-corrected chi connectivity index (χ4v) is 2.70. The van der Waals surface area contributed by atoms with Crippen LogP contribution in [0.25, 0.3) is 0 Å². The van der Waals surface area contributed by atoms with Crippen molar-refractivity contribution in [2.75, 3.05) is 11.9 Å². The first kappa shape index (κ1) is 15.8. The molecule has 1 aliphatic carbocycles. The Labute approximate surface area is 125 Å². The minimum Gasteiger partial charge on any atom is -0.396 e. The van der Waals surface area contributed by atoms with Gasteiger partial charge in [0.2, 0.25) is 0 Å². The molecule has 0 spiro atoms. The highest BCUT2D eigenvalue weighted by Crippen LogP contribution is 2.24. The average Bonchev–Trinajstić information content (AvgIpc) is 2.87. The van der Waals surface area contributed by atoms with Gasteiger partial charge in [0.15, 0.2) is 5.82 Å². The number of aliphatic hydroxyl groups is 1. The highest BCUT2D eigenvalue weighted by molar-refractivity contribution is 5.88. The van der Waals surface area contributed by atoms with Crippen molar-refractivity contribution in [1.29, 1.82) is 0 Å². The summed E-state index contributed by atoms with van der Waals surface area (Å²) in [5.74, 6) is 0.704. The molecule has 6 heteroatoms. The monoisotopic (exact) mass is 294 g/mol. The standard InChI is InChI=1S/C15H26N4O2/c1-15(2,3)19-9-8-13(18-19)17-14(21)16-12-7-5-4-6-11(12)10-20/h8-9,11-12,20H,4-7,10H2,1-3H3,(H2,16,17,18,21)/t11-,12-/m1/s1. The van der Waals surface area contributed by atoms with Gasteiger partial charge in [-0.1, -0.05) is 12.8 Å². The van der Waals surface area contributed by atoms with E-state index >= 15 is 0 Å². The summed E-state index contributed by atoms with van der Waals surface area (Å²) >= 11 is 0. The minimum absolute atomic E-state index is 0.0495. The molecule has 0 bridgehead atoms. The summed E-state index contributed by atoms with van der Waals surface area (Å²) in [6, 6.07) is 1.59. The molecular formula is C15H26N4O2. The molecule has 2 amide bonds. The Morgan fingerprint density at radius 1 is 1.43 bits per heavy atom. The number of carbonyl (C=O) groups is 1. The van der Waals surface area contributed by atoms with Gasteiger partial charge in [-0.3, -0.25) is 10.00 Å². The van der Waals surface area contributed by atoms with Crippen LogP contribution in [0.15, 0.2) is 12.3 Å². The third-order valence-corrected chi connectivity index (χ3v) is 3.98. The lowest BCUT2D eigenvalue weighted by molar-refractivity contribution is 0.156. The highest BCUT2D eigenvalue weighted by atomic mass is 16.3. The summed E-state index contributed by atoms with van der Waals surface area (Å²) in [5, 5.41) is 19.4. The number of rotatable bonds is 3. The smallest absolute Gasteiger partial charge is 0.320 e. The molecule has 3 N–H and O–H groups in total. The van der Waals surface area contributed by atoms with Crippen molar-refractivity contribution in [3.05, 3.63) is 12.3 Å². The molecule has 6 nitrogen and oxygen atoms in total. The Bertz CT molecular complexity index is 478. The number of aliphatic hydroxyl groups excluding tert-OH is 1. The summed E-state index contributed by atoms with van der Waals surface area (Å²) in [7, 11) is 0. The van der Waals surface area contributed by atoms with Crippen molar-refractivity contribution in [1.82, 2.24) is 15.1 Å². The van der Waals surface area contributed by atoms with Crippen LogP contribution in [0, 0.1) is 5.92 Å². The van der Waals surface area contributed by atoms with Crippen LogP contribution in [-0.4, -0.2) is 33.6 Å². The highest BCUT2D eigenvalue weighted by Gasteiger charge is 2.26. The molecule has 0 unspecified atom stereocenters. The van der Waals surface area contributed by atoms with E-state index < -0.39 is 0 Å².